The van der Waals surface area contributed by atoms with E-state index in [2.05, 4.69) is 5.32 Å². The number of ether oxygens (including phenoxy) is 1. The molecular weight excluding hydrogens is 254 g/mol. The zero-order valence-corrected chi connectivity index (χ0v) is 9.86. The molecular formula is C13H8ClNO3. The van der Waals surface area contributed by atoms with Gasteiger partial charge in [-0.1, -0.05) is 11.6 Å². The standard InChI is InChI=1S/C13H8ClNO3/c14-7-1-4-11-9(5-7)13(17)15-10-3-2-8(16)6-12(10)18-11/h1-6,16H,(H,15,17). The molecule has 1 aliphatic heterocycles. The SMILES string of the molecule is O=C1Nc2ccc(O)cc2Oc2ccc(Cl)cc21. The number of carbonyl (C=O) groups excluding carboxylic acids is 1. The van der Waals surface area contributed by atoms with Crippen molar-refractivity contribution in [2.75, 3.05) is 5.32 Å². The van der Waals surface area contributed by atoms with Crippen molar-refractivity contribution in [2.24, 2.45) is 0 Å². The summed E-state index contributed by atoms with van der Waals surface area (Å²) in [5.41, 5.74) is 0.864. The van der Waals surface area contributed by atoms with Crippen LogP contribution in [0.1, 0.15) is 10.4 Å². The first-order valence-corrected chi connectivity index (χ1v) is 5.63. The minimum absolute atomic E-state index is 0.0698. The smallest absolute Gasteiger partial charge is 0.259 e. The van der Waals surface area contributed by atoms with Gasteiger partial charge >= 0.3 is 0 Å². The fourth-order valence-electron chi connectivity index (χ4n) is 1.78. The van der Waals surface area contributed by atoms with Crippen molar-refractivity contribution in [3.05, 3.63) is 47.0 Å². The molecule has 0 radical (unpaired) electrons. The van der Waals surface area contributed by atoms with Gasteiger partial charge in [0, 0.05) is 11.1 Å². The lowest BCUT2D eigenvalue weighted by Crippen LogP contribution is -2.10. The van der Waals surface area contributed by atoms with Gasteiger partial charge in [-0.3, -0.25) is 4.79 Å². The molecule has 0 unspecified atom stereocenters. The Morgan fingerprint density at radius 3 is 2.78 bits per heavy atom. The van der Waals surface area contributed by atoms with Crippen molar-refractivity contribution in [2.45, 2.75) is 0 Å². The van der Waals surface area contributed by atoms with Crippen LogP contribution in [0.3, 0.4) is 0 Å². The lowest BCUT2D eigenvalue weighted by molar-refractivity contribution is 0.102. The van der Waals surface area contributed by atoms with Crippen LogP contribution in [0.15, 0.2) is 36.4 Å². The van der Waals surface area contributed by atoms with Crippen molar-refractivity contribution in [3.8, 4) is 17.2 Å². The molecule has 0 saturated carbocycles. The molecule has 0 aliphatic carbocycles. The molecule has 0 saturated heterocycles. The summed E-state index contributed by atoms with van der Waals surface area (Å²) < 4.78 is 5.61. The predicted molar refractivity (Wildman–Crippen MR) is 67.6 cm³/mol. The predicted octanol–water partition coefficient (Wildman–Crippen LogP) is 3.40. The average molecular weight is 262 g/mol. The van der Waals surface area contributed by atoms with Crippen LogP contribution in [-0.2, 0) is 0 Å². The minimum atomic E-state index is -0.295. The van der Waals surface area contributed by atoms with E-state index in [1.165, 1.54) is 18.2 Å². The maximum atomic E-state index is 12.0. The first kappa shape index (κ1) is 10.9. The highest BCUT2D eigenvalue weighted by Crippen LogP contribution is 2.38. The molecule has 2 aromatic rings. The maximum Gasteiger partial charge on any atom is 0.259 e. The Kier molecular flexibility index (Phi) is 2.38. The Morgan fingerprint density at radius 2 is 1.94 bits per heavy atom. The molecule has 1 amide bonds. The maximum absolute atomic E-state index is 12.0. The molecule has 0 fully saturated rings. The van der Waals surface area contributed by atoms with Gasteiger partial charge in [-0.15, -0.1) is 0 Å². The van der Waals surface area contributed by atoms with Gasteiger partial charge in [-0.05, 0) is 30.3 Å². The van der Waals surface area contributed by atoms with Crippen LogP contribution in [0.4, 0.5) is 5.69 Å². The first-order valence-electron chi connectivity index (χ1n) is 5.25. The summed E-state index contributed by atoms with van der Waals surface area (Å²) in [6.07, 6.45) is 0. The first-order chi connectivity index (χ1) is 8.63. The van der Waals surface area contributed by atoms with Gasteiger partial charge in [0.15, 0.2) is 5.75 Å². The minimum Gasteiger partial charge on any atom is -0.508 e. The van der Waals surface area contributed by atoms with Gasteiger partial charge in [0.25, 0.3) is 5.91 Å². The van der Waals surface area contributed by atoms with E-state index in [-0.39, 0.29) is 11.7 Å². The van der Waals surface area contributed by atoms with Crippen molar-refractivity contribution in [3.63, 3.8) is 0 Å². The quantitative estimate of drug-likeness (QED) is 0.715. The molecule has 18 heavy (non-hydrogen) atoms. The highest BCUT2D eigenvalue weighted by molar-refractivity contribution is 6.31. The van der Waals surface area contributed by atoms with Crippen LogP contribution in [0.25, 0.3) is 0 Å². The molecule has 1 aliphatic rings. The summed E-state index contributed by atoms with van der Waals surface area (Å²) in [5.74, 6) is 0.572. The number of hydrogen-bond acceptors (Lipinski definition) is 3. The Balaban J connectivity index is 2.17. The summed E-state index contributed by atoms with van der Waals surface area (Å²) in [6.45, 7) is 0. The normalized spacial score (nSPS) is 12.8. The number of phenolic OH excluding ortho intramolecular Hbond substituents is 1. The van der Waals surface area contributed by atoms with E-state index in [9.17, 15) is 9.90 Å². The van der Waals surface area contributed by atoms with Gasteiger partial charge < -0.3 is 15.2 Å². The molecule has 0 aromatic heterocycles. The zero-order valence-electron chi connectivity index (χ0n) is 9.11. The summed E-state index contributed by atoms with van der Waals surface area (Å²) in [6, 6.07) is 9.30. The van der Waals surface area contributed by atoms with E-state index >= 15 is 0 Å². The number of amides is 1. The van der Waals surface area contributed by atoms with Crippen LogP contribution in [-0.4, -0.2) is 11.0 Å². The van der Waals surface area contributed by atoms with E-state index in [0.717, 1.165) is 0 Å². The highest BCUT2D eigenvalue weighted by Gasteiger charge is 2.21. The lowest BCUT2D eigenvalue weighted by Gasteiger charge is -2.07. The van der Waals surface area contributed by atoms with Gasteiger partial charge in [0.1, 0.15) is 11.5 Å². The number of benzene rings is 2. The highest BCUT2D eigenvalue weighted by atomic mass is 35.5. The largest absolute Gasteiger partial charge is 0.508 e. The summed E-state index contributed by atoms with van der Waals surface area (Å²) in [4.78, 5) is 12.0. The molecule has 2 N–H and O–H groups in total. The number of anilines is 1. The van der Waals surface area contributed by atoms with Crippen molar-refractivity contribution >= 4 is 23.2 Å². The summed E-state index contributed by atoms with van der Waals surface area (Å²) >= 11 is 5.86. The fraction of sp³-hybridized carbons (Fsp3) is 0. The molecule has 5 heteroatoms. The van der Waals surface area contributed by atoms with Gasteiger partial charge in [0.2, 0.25) is 0 Å². The average Bonchev–Trinajstić information content (AvgIpc) is 2.46. The second-order valence-electron chi connectivity index (χ2n) is 3.88. The number of rotatable bonds is 0. The van der Waals surface area contributed by atoms with Crippen molar-refractivity contribution < 1.29 is 14.6 Å². The second kappa shape index (κ2) is 3.92. The van der Waals surface area contributed by atoms with E-state index in [0.29, 0.717) is 27.8 Å². The number of aromatic hydroxyl groups is 1. The molecule has 2 aromatic carbocycles. The second-order valence-corrected chi connectivity index (χ2v) is 4.31. The Hall–Kier alpha value is -2.20. The van der Waals surface area contributed by atoms with E-state index in [4.69, 9.17) is 16.3 Å². The molecule has 3 rings (SSSR count). The van der Waals surface area contributed by atoms with Gasteiger partial charge in [-0.2, -0.15) is 0 Å². The number of phenols is 1. The van der Waals surface area contributed by atoms with E-state index < -0.39 is 0 Å². The number of hydrogen-bond donors (Lipinski definition) is 2. The Morgan fingerprint density at radius 1 is 1.11 bits per heavy atom. The van der Waals surface area contributed by atoms with Gasteiger partial charge in [-0.25, -0.2) is 0 Å². The summed E-state index contributed by atoms with van der Waals surface area (Å²) in [7, 11) is 0. The van der Waals surface area contributed by atoms with Crippen LogP contribution < -0.4 is 10.1 Å². The Bertz CT molecular complexity index is 655. The van der Waals surface area contributed by atoms with Crippen molar-refractivity contribution in [1.82, 2.24) is 0 Å². The number of fused-ring (bicyclic) bond motifs is 2. The molecule has 0 spiro atoms. The monoisotopic (exact) mass is 261 g/mol. The third-order valence-corrected chi connectivity index (χ3v) is 2.85. The lowest BCUT2D eigenvalue weighted by atomic mass is 10.2. The van der Waals surface area contributed by atoms with Crippen LogP contribution in [0, 0.1) is 0 Å². The number of nitrogens with one attached hydrogen (secondary N) is 1. The fourth-order valence-corrected chi connectivity index (χ4v) is 1.95. The number of carbonyl (C=O) groups is 1. The van der Waals surface area contributed by atoms with Gasteiger partial charge in [0.05, 0.1) is 11.3 Å². The molecule has 90 valence electrons. The van der Waals surface area contributed by atoms with Crippen LogP contribution in [0.2, 0.25) is 5.02 Å². The third kappa shape index (κ3) is 1.76. The van der Waals surface area contributed by atoms with E-state index in [1.807, 2.05) is 0 Å². The zero-order chi connectivity index (χ0) is 12.7. The van der Waals surface area contributed by atoms with Crippen LogP contribution in [0.5, 0.6) is 17.2 Å². The summed E-state index contributed by atoms with van der Waals surface area (Å²) in [5, 5.41) is 12.6. The molecule has 0 atom stereocenters. The topological polar surface area (TPSA) is 58.6 Å². The number of halogens is 1. The molecule has 1 heterocycles. The Labute approximate surface area is 108 Å². The molecule has 0 bridgehead atoms. The van der Waals surface area contributed by atoms with E-state index in [1.54, 1.807) is 18.2 Å². The third-order valence-electron chi connectivity index (χ3n) is 2.62. The molecule has 4 nitrogen and oxygen atoms in total. The van der Waals surface area contributed by atoms with Crippen LogP contribution >= 0.6 is 11.6 Å². The van der Waals surface area contributed by atoms with Crippen molar-refractivity contribution in [1.29, 1.82) is 0 Å².